The predicted octanol–water partition coefficient (Wildman–Crippen LogP) is 8.12. The Morgan fingerprint density at radius 3 is 2.48 bits per heavy atom. The molecule has 0 saturated heterocycles. The fourth-order valence-corrected chi connectivity index (χ4v) is 5.21. The maximum Gasteiger partial charge on any atom is 0.322 e. The van der Waals surface area contributed by atoms with Crippen LogP contribution in [0.25, 0.3) is 27.4 Å². The summed E-state index contributed by atoms with van der Waals surface area (Å²) in [7, 11) is 0. The van der Waals surface area contributed by atoms with Gasteiger partial charge in [-0.05, 0) is 54.6 Å². The number of urea groups is 1. The molecule has 0 saturated carbocycles. The number of carbonyl (C=O) groups excluding carboxylic acids is 1. The monoisotopic (exact) mass is 556 g/mol. The van der Waals surface area contributed by atoms with Crippen LogP contribution in [0.3, 0.4) is 0 Å². The largest absolute Gasteiger partial charge is 0.322 e. The molecule has 1 N–H and O–H groups in total. The smallest absolute Gasteiger partial charge is 0.314 e. The van der Waals surface area contributed by atoms with Gasteiger partial charge in [0.1, 0.15) is 11.6 Å². The number of carbonyl (C=O) groups is 1. The van der Waals surface area contributed by atoms with Crippen molar-refractivity contribution in [3.8, 4) is 5.69 Å². The lowest BCUT2D eigenvalue weighted by Crippen LogP contribution is -2.41. The number of nitrogens with zero attached hydrogens (tertiary/aromatic N) is 3. The number of halogens is 2. The van der Waals surface area contributed by atoms with Crippen molar-refractivity contribution in [1.29, 1.82) is 0 Å². The average molecular weight is 557 g/mol. The molecule has 0 bridgehead atoms. The molecule has 0 radical (unpaired) electrons. The van der Waals surface area contributed by atoms with Crippen LogP contribution in [-0.2, 0) is 0 Å². The number of hydrogen-bond donors (Lipinski definition) is 1. The van der Waals surface area contributed by atoms with Gasteiger partial charge in [0, 0.05) is 11.9 Å². The first kappa shape index (κ1) is 27.3. The Bertz CT molecular complexity index is 1750. The molecule has 2 amide bonds. The van der Waals surface area contributed by atoms with Gasteiger partial charge in [0.05, 0.1) is 33.3 Å². The Morgan fingerprint density at radius 2 is 1.73 bits per heavy atom. The molecule has 1 unspecified atom stereocenters. The Kier molecular flexibility index (Phi) is 8.12. The van der Waals surface area contributed by atoms with Gasteiger partial charge in [-0.3, -0.25) is 9.36 Å². The van der Waals surface area contributed by atoms with Gasteiger partial charge in [0.25, 0.3) is 5.56 Å². The predicted molar refractivity (Wildman–Crippen MR) is 160 cm³/mol. The molecule has 8 heteroatoms. The Labute approximate surface area is 237 Å². The second-order valence-electron chi connectivity index (χ2n) is 9.65. The van der Waals surface area contributed by atoms with Gasteiger partial charge in [0.15, 0.2) is 0 Å². The zero-order valence-electron chi connectivity index (χ0n) is 22.4. The van der Waals surface area contributed by atoms with E-state index >= 15 is 0 Å². The molecule has 204 valence electrons. The highest BCUT2D eigenvalue weighted by Crippen LogP contribution is 2.30. The van der Waals surface area contributed by atoms with Crippen LogP contribution in [0.2, 0.25) is 5.02 Å². The van der Waals surface area contributed by atoms with Crippen LogP contribution in [0, 0.1) is 5.82 Å². The fraction of sp³-hybridized carbons (Fsp3) is 0.219. The van der Waals surface area contributed by atoms with E-state index in [1.165, 1.54) is 22.8 Å². The van der Waals surface area contributed by atoms with Gasteiger partial charge in [-0.25, -0.2) is 14.2 Å². The van der Waals surface area contributed by atoms with Gasteiger partial charge in [-0.15, -0.1) is 0 Å². The van der Waals surface area contributed by atoms with Crippen molar-refractivity contribution in [2.24, 2.45) is 0 Å². The van der Waals surface area contributed by atoms with E-state index in [2.05, 4.69) is 12.2 Å². The average Bonchev–Trinajstić information content (AvgIpc) is 2.97. The van der Waals surface area contributed by atoms with Crippen molar-refractivity contribution >= 4 is 45.0 Å². The summed E-state index contributed by atoms with van der Waals surface area (Å²) >= 11 is 6.13. The fourth-order valence-electron chi connectivity index (χ4n) is 5.04. The number of nitrogens with one attached hydrogen (secondary N) is 1. The van der Waals surface area contributed by atoms with E-state index in [0.29, 0.717) is 41.1 Å². The topological polar surface area (TPSA) is 67.2 Å². The third kappa shape index (κ3) is 5.29. The molecule has 1 heterocycles. The van der Waals surface area contributed by atoms with Gasteiger partial charge >= 0.3 is 6.03 Å². The molecule has 0 aliphatic rings. The number of benzene rings is 4. The summed E-state index contributed by atoms with van der Waals surface area (Å²) in [5, 5.41) is 5.37. The second kappa shape index (κ2) is 11.9. The van der Waals surface area contributed by atoms with Crippen LogP contribution in [0.4, 0.5) is 14.9 Å². The number of aromatic nitrogens is 2. The number of anilines is 1. The molecule has 1 atom stereocenters. The quantitative estimate of drug-likeness (QED) is 0.210. The van der Waals surface area contributed by atoms with Gasteiger partial charge in [0.2, 0.25) is 0 Å². The van der Waals surface area contributed by atoms with Gasteiger partial charge in [-0.1, -0.05) is 80.4 Å². The maximum absolute atomic E-state index is 14.1. The molecule has 0 aliphatic heterocycles. The summed E-state index contributed by atoms with van der Waals surface area (Å²) in [4.78, 5) is 34.5. The molecule has 40 heavy (non-hydrogen) atoms. The Morgan fingerprint density at radius 1 is 1.00 bits per heavy atom. The highest BCUT2D eigenvalue weighted by atomic mass is 35.5. The summed E-state index contributed by atoms with van der Waals surface area (Å²) < 4.78 is 15.5. The van der Waals surface area contributed by atoms with Crippen molar-refractivity contribution in [3.63, 3.8) is 0 Å². The third-order valence-electron chi connectivity index (χ3n) is 7.07. The molecular formula is C32H30ClFN4O2. The van der Waals surface area contributed by atoms with Crippen LogP contribution >= 0.6 is 11.6 Å². The first-order chi connectivity index (χ1) is 19.4. The lowest BCUT2D eigenvalue weighted by atomic mass is 10.1. The van der Waals surface area contributed by atoms with Crippen LogP contribution in [-0.4, -0.2) is 27.0 Å². The summed E-state index contributed by atoms with van der Waals surface area (Å²) in [5.74, 6) is -0.196. The van der Waals surface area contributed by atoms with Crippen molar-refractivity contribution < 1.29 is 9.18 Å². The van der Waals surface area contributed by atoms with Crippen molar-refractivity contribution in [3.05, 3.63) is 112 Å². The van der Waals surface area contributed by atoms with E-state index in [1.807, 2.05) is 55.5 Å². The minimum Gasteiger partial charge on any atom is -0.314 e. The molecule has 0 spiro atoms. The lowest BCUT2D eigenvalue weighted by molar-refractivity contribution is 0.180. The summed E-state index contributed by atoms with van der Waals surface area (Å²) in [6.45, 7) is 4.48. The van der Waals surface area contributed by atoms with Gasteiger partial charge in [-0.2, -0.15) is 0 Å². The summed E-state index contributed by atoms with van der Waals surface area (Å²) in [5.41, 5.74) is 1.29. The van der Waals surface area contributed by atoms with E-state index in [0.717, 1.165) is 23.6 Å². The van der Waals surface area contributed by atoms with Crippen molar-refractivity contribution in [1.82, 2.24) is 14.5 Å². The third-order valence-corrected chi connectivity index (χ3v) is 7.36. The first-order valence-electron chi connectivity index (χ1n) is 13.5. The van der Waals surface area contributed by atoms with Crippen LogP contribution < -0.4 is 10.9 Å². The molecule has 0 fully saturated rings. The number of rotatable bonds is 8. The molecule has 4 aromatic carbocycles. The number of para-hydroxylation sites is 1. The van der Waals surface area contributed by atoms with Gasteiger partial charge < -0.3 is 10.2 Å². The van der Waals surface area contributed by atoms with Crippen LogP contribution in [0.1, 0.15) is 45.0 Å². The molecule has 0 aliphatic carbocycles. The molecule has 5 rings (SSSR count). The minimum atomic E-state index is -0.583. The Hall–Kier alpha value is -4.23. The summed E-state index contributed by atoms with van der Waals surface area (Å²) in [6.07, 6.45) is 2.13. The van der Waals surface area contributed by atoms with Crippen molar-refractivity contribution in [2.75, 3.05) is 11.9 Å². The Balaban J connectivity index is 1.65. The van der Waals surface area contributed by atoms with E-state index < -0.39 is 11.9 Å². The zero-order valence-corrected chi connectivity index (χ0v) is 23.2. The van der Waals surface area contributed by atoms with Crippen molar-refractivity contribution in [2.45, 2.75) is 39.2 Å². The normalized spacial score (nSPS) is 12.0. The maximum atomic E-state index is 14.1. The zero-order chi connectivity index (χ0) is 28.2. The van der Waals surface area contributed by atoms with E-state index in [4.69, 9.17) is 16.6 Å². The van der Waals surface area contributed by atoms with E-state index in [9.17, 15) is 14.0 Å². The highest BCUT2D eigenvalue weighted by Gasteiger charge is 2.29. The molecule has 5 aromatic rings. The summed E-state index contributed by atoms with van der Waals surface area (Å²) in [6, 6.07) is 24.0. The van der Waals surface area contributed by atoms with E-state index in [1.54, 1.807) is 23.1 Å². The van der Waals surface area contributed by atoms with Crippen LogP contribution in [0.15, 0.2) is 89.7 Å². The van der Waals surface area contributed by atoms with Crippen LogP contribution in [0.5, 0.6) is 0 Å². The van der Waals surface area contributed by atoms with E-state index in [-0.39, 0.29) is 16.6 Å². The number of fused-ring (bicyclic) bond motifs is 2. The second-order valence-corrected chi connectivity index (χ2v) is 10.1. The SMILES string of the molecule is CCCCN(C(=O)Nc1cccc2ccccc12)C(CC)c1nc2ccccc2c(=O)n1-c1ccc(F)c(Cl)c1. The molecule has 1 aromatic heterocycles. The number of hydrogen-bond acceptors (Lipinski definition) is 3. The first-order valence-corrected chi connectivity index (χ1v) is 13.8. The molecule has 6 nitrogen and oxygen atoms in total. The number of unbranched alkanes of at least 4 members (excludes halogenated alkanes) is 1. The lowest BCUT2D eigenvalue weighted by Gasteiger charge is -2.32. The standard InChI is InChI=1S/C32H30ClFN4O2/c1-3-5-19-37(32(40)36-27-16-10-12-21-11-6-7-13-23(21)27)29(4-2)30-35-28-15-9-8-14-24(28)31(39)38(30)22-17-18-26(34)25(33)20-22/h6-18,20,29H,3-5,19H2,1-2H3,(H,36,40). The molecular weight excluding hydrogens is 527 g/mol. The minimum absolute atomic E-state index is 0.104. The highest BCUT2D eigenvalue weighted by molar-refractivity contribution is 6.30. The number of amides is 2.